The van der Waals surface area contributed by atoms with Crippen molar-refractivity contribution < 1.29 is 13.6 Å². The van der Waals surface area contributed by atoms with Gasteiger partial charge in [-0.15, -0.1) is 10.2 Å². The molecule has 2 heterocycles. The molecule has 140 valence electrons. The van der Waals surface area contributed by atoms with E-state index in [2.05, 4.69) is 15.5 Å². The van der Waals surface area contributed by atoms with Crippen molar-refractivity contribution in [1.82, 2.24) is 14.8 Å². The maximum atomic E-state index is 13.2. The fraction of sp³-hybridized carbons (Fsp3) is 0.222. The predicted molar refractivity (Wildman–Crippen MR) is 98.1 cm³/mol. The Hall–Kier alpha value is -3.00. The maximum Gasteiger partial charge on any atom is 0.251 e. The summed E-state index contributed by atoms with van der Waals surface area (Å²) in [7, 11) is 0. The molecular weight excluding hydrogens is 375 g/mol. The number of hydrogen-bond donors (Lipinski definition) is 1. The zero-order valence-corrected chi connectivity index (χ0v) is 15.3. The van der Waals surface area contributed by atoms with Crippen LogP contribution in [0.15, 0.2) is 45.7 Å². The molecule has 1 amide bonds. The topological polar surface area (TPSA) is 90.0 Å². The lowest BCUT2D eigenvalue weighted by Crippen LogP contribution is -2.26. The number of hydrogen-bond acceptors (Lipinski definition) is 5. The minimum Gasteiger partial charge on any atom is -0.420 e. The van der Waals surface area contributed by atoms with Gasteiger partial charge in [0.15, 0.2) is 0 Å². The van der Waals surface area contributed by atoms with Crippen LogP contribution in [0.3, 0.4) is 0 Å². The Morgan fingerprint density at radius 1 is 1.30 bits per heavy atom. The minimum absolute atomic E-state index is 0.0745. The summed E-state index contributed by atoms with van der Waals surface area (Å²) in [6.07, 6.45) is 1.47. The fourth-order valence-electron chi connectivity index (χ4n) is 2.30. The average molecular weight is 391 g/mol. The SMILES string of the molecule is CC(C)c1nnc(-c2ccc(=O)n(CC(=O)Nc3ccc(F)c(Cl)c3)c2)o1. The van der Waals surface area contributed by atoms with E-state index in [-0.39, 0.29) is 28.9 Å². The standard InChI is InChI=1S/C18H16ClFN4O3/c1-10(2)17-22-23-18(27-17)11-3-6-16(26)24(8-11)9-15(25)21-12-4-5-14(20)13(19)7-12/h3-8,10H,9H2,1-2H3,(H,21,25). The van der Waals surface area contributed by atoms with Gasteiger partial charge in [-0.3, -0.25) is 9.59 Å². The molecule has 1 aromatic carbocycles. The van der Waals surface area contributed by atoms with E-state index in [9.17, 15) is 14.0 Å². The lowest BCUT2D eigenvalue weighted by molar-refractivity contribution is -0.116. The lowest BCUT2D eigenvalue weighted by Gasteiger charge is -2.08. The quantitative estimate of drug-likeness (QED) is 0.720. The molecule has 0 saturated carbocycles. The first-order valence-corrected chi connectivity index (χ1v) is 8.50. The van der Waals surface area contributed by atoms with Crippen molar-refractivity contribution in [2.75, 3.05) is 5.32 Å². The summed E-state index contributed by atoms with van der Waals surface area (Å²) >= 11 is 5.69. The summed E-state index contributed by atoms with van der Waals surface area (Å²) in [5.41, 5.74) is 0.482. The molecular formula is C18H16ClFN4O3. The molecule has 0 aliphatic carbocycles. The van der Waals surface area contributed by atoms with Crippen LogP contribution in [0.5, 0.6) is 0 Å². The Labute approximate surface area is 158 Å². The van der Waals surface area contributed by atoms with Crippen LogP contribution >= 0.6 is 11.6 Å². The van der Waals surface area contributed by atoms with Gasteiger partial charge in [0.2, 0.25) is 17.7 Å². The van der Waals surface area contributed by atoms with Crippen molar-refractivity contribution in [2.24, 2.45) is 0 Å². The zero-order chi connectivity index (χ0) is 19.6. The third-order valence-corrected chi connectivity index (χ3v) is 3.97. The van der Waals surface area contributed by atoms with Crippen molar-refractivity contribution in [3.05, 3.63) is 63.6 Å². The Morgan fingerprint density at radius 2 is 2.07 bits per heavy atom. The van der Waals surface area contributed by atoms with E-state index in [1.54, 1.807) is 6.07 Å². The molecule has 2 aromatic heterocycles. The second-order valence-corrected chi connectivity index (χ2v) is 6.57. The van der Waals surface area contributed by atoms with Crippen molar-refractivity contribution in [1.29, 1.82) is 0 Å². The maximum absolute atomic E-state index is 13.2. The molecule has 9 heteroatoms. The van der Waals surface area contributed by atoms with Gasteiger partial charge < -0.3 is 14.3 Å². The van der Waals surface area contributed by atoms with Crippen LogP contribution in [-0.4, -0.2) is 20.7 Å². The molecule has 0 atom stereocenters. The van der Waals surface area contributed by atoms with Crippen molar-refractivity contribution in [3.63, 3.8) is 0 Å². The van der Waals surface area contributed by atoms with Gasteiger partial charge in [0.1, 0.15) is 12.4 Å². The van der Waals surface area contributed by atoms with Crippen LogP contribution in [0.25, 0.3) is 11.5 Å². The van der Waals surface area contributed by atoms with Crippen LogP contribution in [0.4, 0.5) is 10.1 Å². The normalized spacial score (nSPS) is 11.0. The number of anilines is 1. The minimum atomic E-state index is -0.584. The summed E-state index contributed by atoms with van der Waals surface area (Å²) in [6.45, 7) is 3.60. The number of rotatable bonds is 5. The van der Waals surface area contributed by atoms with Crippen LogP contribution in [-0.2, 0) is 11.3 Å². The Bertz CT molecular complexity index is 1050. The van der Waals surface area contributed by atoms with Crippen LogP contribution in [0, 0.1) is 5.82 Å². The molecule has 0 saturated heterocycles. The van der Waals surface area contributed by atoms with Gasteiger partial charge in [-0.2, -0.15) is 0 Å². The number of aromatic nitrogens is 3. The highest BCUT2D eigenvalue weighted by Gasteiger charge is 2.13. The predicted octanol–water partition coefficient (Wildman–Crippen LogP) is 3.45. The third kappa shape index (κ3) is 4.40. The zero-order valence-electron chi connectivity index (χ0n) is 14.6. The van der Waals surface area contributed by atoms with E-state index >= 15 is 0 Å². The second-order valence-electron chi connectivity index (χ2n) is 6.16. The molecule has 0 aliphatic rings. The number of nitrogens with one attached hydrogen (secondary N) is 1. The number of amides is 1. The molecule has 0 bridgehead atoms. The molecule has 3 aromatic rings. The van der Waals surface area contributed by atoms with Gasteiger partial charge in [0.25, 0.3) is 5.56 Å². The van der Waals surface area contributed by atoms with E-state index in [0.717, 1.165) is 6.07 Å². The molecule has 0 fully saturated rings. The molecule has 0 unspecified atom stereocenters. The summed E-state index contributed by atoms with van der Waals surface area (Å²) < 4.78 is 20.0. The smallest absolute Gasteiger partial charge is 0.251 e. The van der Waals surface area contributed by atoms with Gasteiger partial charge in [-0.1, -0.05) is 25.4 Å². The number of carbonyl (C=O) groups is 1. The first-order valence-electron chi connectivity index (χ1n) is 8.12. The van der Waals surface area contributed by atoms with E-state index in [1.165, 1.54) is 29.0 Å². The summed E-state index contributed by atoms with van der Waals surface area (Å²) in [6, 6.07) is 6.68. The summed E-state index contributed by atoms with van der Waals surface area (Å²) in [4.78, 5) is 24.3. The van der Waals surface area contributed by atoms with Crippen LogP contribution in [0.2, 0.25) is 5.02 Å². The summed E-state index contributed by atoms with van der Waals surface area (Å²) in [5, 5.41) is 10.4. The highest BCUT2D eigenvalue weighted by molar-refractivity contribution is 6.31. The average Bonchev–Trinajstić information content (AvgIpc) is 3.10. The number of carbonyl (C=O) groups excluding carboxylic acids is 1. The van der Waals surface area contributed by atoms with Crippen molar-refractivity contribution in [3.8, 4) is 11.5 Å². The highest BCUT2D eigenvalue weighted by Crippen LogP contribution is 2.21. The lowest BCUT2D eigenvalue weighted by atomic mass is 10.2. The summed E-state index contributed by atoms with van der Waals surface area (Å²) in [5.74, 6) is -0.235. The Kier molecular flexibility index (Phi) is 5.36. The molecule has 27 heavy (non-hydrogen) atoms. The van der Waals surface area contributed by atoms with E-state index < -0.39 is 11.7 Å². The molecule has 1 N–H and O–H groups in total. The van der Waals surface area contributed by atoms with Gasteiger partial charge >= 0.3 is 0 Å². The molecule has 0 aliphatic heterocycles. The fourth-order valence-corrected chi connectivity index (χ4v) is 2.48. The molecule has 0 radical (unpaired) electrons. The van der Waals surface area contributed by atoms with E-state index in [1.807, 2.05) is 13.8 Å². The molecule has 0 spiro atoms. The van der Waals surface area contributed by atoms with Gasteiger partial charge in [0.05, 0.1) is 10.6 Å². The largest absolute Gasteiger partial charge is 0.420 e. The number of pyridine rings is 1. The third-order valence-electron chi connectivity index (χ3n) is 3.68. The van der Waals surface area contributed by atoms with E-state index in [0.29, 0.717) is 17.1 Å². The monoisotopic (exact) mass is 390 g/mol. The second kappa shape index (κ2) is 7.71. The van der Waals surface area contributed by atoms with Crippen LogP contribution in [0.1, 0.15) is 25.7 Å². The van der Waals surface area contributed by atoms with E-state index in [4.69, 9.17) is 16.0 Å². The number of nitrogens with zero attached hydrogens (tertiary/aromatic N) is 3. The first-order chi connectivity index (χ1) is 12.8. The number of halogens is 2. The molecule has 3 rings (SSSR count). The number of benzene rings is 1. The van der Waals surface area contributed by atoms with Gasteiger partial charge in [-0.25, -0.2) is 4.39 Å². The van der Waals surface area contributed by atoms with Crippen LogP contribution < -0.4 is 10.9 Å². The molecule has 7 nitrogen and oxygen atoms in total. The highest BCUT2D eigenvalue weighted by atomic mass is 35.5. The van der Waals surface area contributed by atoms with Crippen molar-refractivity contribution in [2.45, 2.75) is 26.3 Å². The Balaban J connectivity index is 1.78. The first kappa shape index (κ1) is 18.8. The van der Waals surface area contributed by atoms with Gasteiger partial charge in [-0.05, 0) is 24.3 Å². The Morgan fingerprint density at radius 3 is 2.74 bits per heavy atom. The van der Waals surface area contributed by atoms with Gasteiger partial charge in [0, 0.05) is 23.9 Å². The van der Waals surface area contributed by atoms with Crippen molar-refractivity contribution >= 4 is 23.2 Å².